The van der Waals surface area contributed by atoms with Crippen LogP contribution in [0.15, 0.2) is 11.6 Å². The smallest absolute Gasteiger partial charge is 0.0752 e. The summed E-state index contributed by atoms with van der Waals surface area (Å²) in [5.41, 5.74) is 0.468. The summed E-state index contributed by atoms with van der Waals surface area (Å²) in [4.78, 5) is 0. The van der Waals surface area contributed by atoms with E-state index in [9.17, 15) is 10.2 Å². The molecule has 2 aliphatic rings. The lowest BCUT2D eigenvalue weighted by atomic mass is 9.45. The van der Waals surface area contributed by atoms with Crippen LogP contribution in [-0.2, 0) is 0 Å². The van der Waals surface area contributed by atoms with Gasteiger partial charge in [0.05, 0.1) is 18.3 Å². The molecule has 0 bridgehead atoms. The van der Waals surface area contributed by atoms with E-state index in [0.717, 1.165) is 24.8 Å². The van der Waals surface area contributed by atoms with Gasteiger partial charge in [-0.25, -0.2) is 0 Å². The van der Waals surface area contributed by atoms with Crippen LogP contribution in [0.2, 0.25) is 0 Å². The molecule has 0 radical (unpaired) electrons. The molecular formula is C20H36O3. The third-order valence-electron chi connectivity index (χ3n) is 7.16. The van der Waals surface area contributed by atoms with Gasteiger partial charge in [0.25, 0.3) is 0 Å². The molecule has 23 heavy (non-hydrogen) atoms. The molecule has 0 aromatic rings. The van der Waals surface area contributed by atoms with Crippen LogP contribution in [0.3, 0.4) is 0 Å². The molecule has 0 spiro atoms. The summed E-state index contributed by atoms with van der Waals surface area (Å²) in [6.45, 7) is 10.9. The number of fused-ring (bicyclic) bond motifs is 1. The highest BCUT2D eigenvalue weighted by atomic mass is 16.3. The zero-order chi connectivity index (χ0) is 17.5. The van der Waals surface area contributed by atoms with Crippen molar-refractivity contribution in [1.82, 2.24) is 0 Å². The summed E-state index contributed by atoms with van der Waals surface area (Å²) in [5.74, 6) is 0.689. The summed E-state index contributed by atoms with van der Waals surface area (Å²) in [6, 6.07) is 0. The largest absolute Gasteiger partial charge is 0.392 e. The van der Waals surface area contributed by atoms with Crippen LogP contribution in [0.4, 0.5) is 0 Å². The fourth-order valence-electron chi connectivity index (χ4n) is 5.84. The van der Waals surface area contributed by atoms with Crippen LogP contribution >= 0.6 is 0 Å². The van der Waals surface area contributed by atoms with Gasteiger partial charge in [-0.05, 0) is 74.2 Å². The third-order valence-corrected chi connectivity index (χ3v) is 7.16. The summed E-state index contributed by atoms with van der Waals surface area (Å²) in [7, 11) is 0. The molecule has 134 valence electrons. The number of hydrogen-bond acceptors (Lipinski definition) is 3. The number of hydrogen-bond donors (Lipinski definition) is 3. The van der Waals surface area contributed by atoms with Gasteiger partial charge in [-0.3, -0.25) is 0 Å². The zero-order valence-corrected chi connectivity index (χ0v) is 15.6. The molecule has 2 rings (SSSR count). The second kappa shape index (κ2) is 6.50. The first-order valence-corrected chi connectivity index (χ1v) is 9.22. The van der Waals surface area contributed by atoms with Gasteiger partial charge in [0.2, 0.25) is 0 Å². The maximum Gasteiger partial charge on any atom is 0.0752 e. The van der Waals surface area contributed by atoms with Crippen molar-refractivity contribution in [3.05, 3.63) is 11.6 Å². The lowest BCUT2D eigenvalue weighted by Gasteiger charge is -2.61. The van der Waals surface area contributed by atoms with E-state index in [1.54, 1.807) is 6.08 Å². The second-order valence-electron chi connectivity index (χ2n) is 9.23. The van der Waals surface area contributed by atoms with Crippen LogP contribution in [0.25, 0.3) is 0 Å². The highest BCUT2D eigenvalue weighted by Gasteiger charge is 2.58. The molecule has 0 saturated heterocycles. The van der Waals surface area contributed by atoms with Crippen molar-refractivity contribution in [3.63, 3.8) is 0 Å². The fraction of sp³-hybridized carbons (Fsp3) is 0.900. The van der Waals surface area contributed by atoms with E-state index in [4.69, 9.17) is 5.11 Å². The van der Waals surface area contributed by atoms with Crippen LogP contribution in [0, 0.1) is 22.7 Å². The Morgan fingerprint density at radius 2 is 1.83 bits per heavy atom. The normalized spacial score (nSPS) is 42.2. The van der Waals surface area contributed by atoms with Gasteiger partial charge < -0.3 is 15.3 Å². The minimum absolute atomic E-state index is 0.0448. The summed E-state index contributed by atoms with van der Waals surface area (Å²) >= 11 is 0. The predicted molar refractivity (Wildman–Crippen MR) is 94.0 cm³/mol. The van der Waals surface area contributed by atoms with Crippen LogP contribution in [0.5, 0.6) is 0 Å². The second-order valence-corrected chi connectivity index (χ2v) is 9.23. The number of aliphatic hydroxyl groups excluding tert-OH is 2. The van der Waals surface area contributed by atoms with Crippen molar-refractivity contribution in [2.45, 2.75) is 84.8 Å². The van der Waals surface area contributed by atoms with Gasteiger partial charge in [-0.2, -0.15) is 0 Å². The average molecular weight is 325 g/mol. The monoisotopic (exact) mass is 324 g/mol. The topological polar surface area (TPSA) is 60.7 Å². The Morgan fingerprint density at radius 3 is 2.43 bits per heavy atom. The molecule has 0 aromatic heterocycles. The predicted octanol–water partition coefficient (Wildman–Crippen LogP) is 3.67. The first kappa shape index (κ1) is 19.0. The molecule has 0 aromatic carbocycles. The molecule has 3 heteroatoms. The number of rotatable bonds is 4. The van der Waals surface area contributed by atoms with Gasteiger partial charge >= 0.3 is 0 Å². The van der Waals surface area contributed by atoms with Gasteiger partial charge in [0.1, 0.15) is 0 Å². The average Bonchev–Trinajstić information content (AvgIpc) is 2.41. The molecule has 2 aliphatic carbocycles. The Labute approximate surface area is 141 Å². The lowest BCUT2D eigenvalue weighted by molar-refractivity contribution is -0.174. The molecule has 0 aliphatic heterocycles. The molecule has 5 atom stereocenters. The molecule has 2 saturated carbocycles. The standard InChI is InChI=1S/C20H36O3/c1-14(8-12-21)15(22)13-17-19(4)10-6-9-18(2,3)16(19)7-11-20(17,5)23/h8,15-17,21-23H,6-7,9-13H2,1-5H3/b14-8+/t15-,16-,17+,19-,20+/m0/s1. The highest BCUT2D eigenvalue weighted by Crippen LogP contribution is 2.62. The molecule has 3 nitrogen and oxygen atoms in total. The quantitative estimate of drug-likeness (QED) is 0.692. The van der Waals surface area contributed by atoms with Crippen LogP contribution in [-0.4, -0.2) is 33.6 Å². The molecular weight excluding hydrogens is 288 g/mol. The molecule has 2 fully saturated rings. The van der Waals surface area contributed by atoms with Crippen molar-refractivity contribution in [2.24, 2.45) is 22.7 Å². The Kier molecular flexibility index (Phi) is 5.35. The van der Waals surface area contributed by atoms with Crippen LogP contribution < -0.4 is 0 Å². The SMILES string of the molecule is C/C(=C\CO)[C@@H](O)C[C@@H]1[C@@]2(C)CCCC(C)(C)[C@@H]2CC[C@@]1(C)O. The Morgan fingerprint density at radius 1 is 1.17 bits per heavy atom. The number of aliphatic hydroxyl groups is 3. The van der Waals surface area contributed by atoms with E-state index in [1.807, 2.05) is 13.8 Å². The van der Waals surface area contributed by atoms with E-state index in [0.29, 0.717) is 17.8 Å². The maximum absolute atomic E-state index is 11.1. The van der Waals surface area contributed by atoms with Crippen molar-refractivity contribution >= 4 is 0 Å². The third kappa shape index (κ3) is 3.52. The molecule has 0 heterocycles. The first-order chi connectivity index (χ1) is 10.5. The van der Waals surface area contributed by atoms with E-state index in [-0.39, 0.29) is 17.9 Å². The van der Waals surface area contributed by atoms with Crippen molar-refractivity contribution in [1.29, 1.82) is 0 Å². The van der Waals surface area contributed by atoms with Gasteiger partial charge in [-0.1, -0.05) is 33.3 Å². The van der Waals surface area contributed by atoms with Gasteiger partial charge in [0.15, 0.2) is 0 Å². The van der Waals surface area contributed by atoms with E-state index in [1.165, 1.54) is 12.8 Å². The minimum atomic E-state index is -0.723. The van der Waals surface area contributed by atoms with E-state index in [2.05, 4.69) is 20.8 Å². The van der Waals surface area contributed by atoms with Crippen molar-refractivity contribution < 1.29 is 15.3 Å². The Balaban J connectivity index is 2.31. The lowest BCUT2D eigenvalue weighted by Crippen LogP contribution is -2.58. The zero-order valence-electron chi connectivity index (χ0n) is 15.6. The highest BCUT2D eigenvalue weighted by molar-refractivity contribution is 5.11. The van der Waals surface area contributed by atoms with Crippen LogP contribution in [0.1, 0.15) is 73.1 Å². The summed E-state index contributed by atoms with van der Waals surface area (Å²) in [6.07, 6.45) is 7.16. The maximum atomic E-state index is 11.1. The fourth-order valence-corrected chi connectivity index (χ4v) is 5.84. The summed E-state index contributed by atoms with van der Waals surface area (Å²) in [5, 5.41) is 30.7. The van der Waals surface area contributed by atoms with E-state index < -0.39 is 11.7 Å². The molecule has 0 unspecified atom stereocenters. The first-order valence-electron chi connectivity index (χ1n) is 9.22. The Bertz CT molecular complexity index is 452. The van der Waals surface area contributed by atoms with Crippen molar-refractivity contribution in [2.75, 3.05) is 6.61 Å². The molecule has 3 N–H and O–H groups in total. The minimum Gasteiger partial charge on any atom is -0.392 e. The Hall–Kier alpha value is -0.380. The molecule has 0 amide bonds. The van der Waals surface area contributed by atoms with Crippen molar-refractivity contribution in [3.8, 4) is 0 Å². The van der Waals surface area contributed by atoms with Gasteiger partial charge in [-0.15, -0.1) is 0 Å². The van der Waals surface area contributed by atoms with E-state index >= 15 is 0 Å². The van der Waals surface area contributed by atoms with Gasteiger partial charge in [0, 0.05) is 0 Å². The summed E-state index contributed by atoms with van der Waals surface area (Å²) < 4.78 is 0.